The van der Waals surface area contributed by atoms with Gasteiger partial charge in [-0.25, -0.2) is 0 Å². The van der Waals surface area contributed by atoms with Crippen LogP contribution in [0, 0.1) is 24.0 Å². The van der Waals surface area contributed by atoms with E-state index in [2.05, 4.69) is 15.5 Å². The van der Waals surface area contributed by atoms with E-state index in [1.165, 1.54) is 20.3 Å². The maximum atomic E-state index is 12.9. The van der Waals surface area contributed by atoms with Crippen LogP contribution in [0.1, 0.15) is 38.8 Å². The number of aryl methyl sites for hydroxylation is 2. The van der Waals surface area contributed by atoms with Crippen LogP contribution in [0.3, 0.4) is 0 Å². The Morgan fingerprint density at radius 1 is 1.14 bits per heavy atom. The third-order valence-electron chi connectivity index (χ3n) is 5.88. The number of carbonyl (C=O) groups is 2. The fourth-order valence-electron chi connectivity index (χ4n) is 3.83. The van der Waals surface area contributed by atoms with Crippen molar-refractivity contribution in [2.75, 3.05) is 31.0 Å². The first kappa shape index (κ1) is 24.1. The van der Waals surface area contributed by atoms with Crippen molar-refractivity contribution in [3.05, 3.63) is 62.1 Å². The van der Waals surface area contributed by atoms with Crippen LogP contribution in [-0.4, -0.2) is 47.7 Å². The highest BCUT2D eigenvalue weighted by Crippen LogP contribution is 2.37. The molecule has 4 rings (SSSR count). The van der Waals surface area contributed by atoms with Crippen molar-refractivity contribution in [3.63, 3.8) is 0 Å². The minimum absolute atomic E-state index is 0.0139. The SMILES string of the molecule is COc1cc(C(=O)Nc2nnc(C3CC(=O)N(c4ccc(C)c(C)c4)C3)s2)c([N+](=O)[O-])cc1OC. The van der Waals surface area contributed by atoms with Gasteiger partial charge in [0.2, 0.25) is 11.0 Å². The summed E-state index contributed by atoms with van der Waals surface area (Å²) in [5, 5.41) is 23.0. The second kappa shape index (κ2) is 9.66. The molecule has 1 aliphatic rings. The second-order valence-corrected chi connectivity index (χ2v) is 9.06. The number of nitro benzene ring substituents is 1. The smallest absolute Gasteiger partial charge is 0.286 e. The summed E-state index contributed by atoms with van der Waals surface area (Å²) in [4.78, 5) is 38.1. The zero-order valence-electron chi connectivity index (χ0n) is 19.5. The molecule has 1 aromatic heterocycles. The Labute approximate surface area is 204 Å². The Morgan fingerprint density at radius 3 is 2.51 bits per heavy atom. The number of hydrogen-bond acceptors (Lipinski definition) is 9. The number of nitro groups is 1. The molecule has 1 atom stereocenters. The van der Waals surface area contributed by atoms with Gasteiger partial charge in [0.05, 0.1) is 25.2 Å². The van der Waals surface area contributed by atoms with Crippen LogP contribution < -0.4 is 19.7 Å². The maximum Gasteiger partial charge on any atom is 0.286 e. The van der Waals surface area contributed by atoms with Crippen molar-refractivity contribution in [1.29, 1.82) is 0 Å². The molecule has 2 heterocycles. The van der Waals surface area contributed by atoms with Gasteiger partial charge in [0.1, 0.15) is 10.6 Å². The number of aromatic nitrogens is 2. The number of rotatable bonds is 7. The third-order valence-corrected chi connectivity index (χ3v) is 6.88. The molecule has 0 radical (unpaired) electrons. The molecule has 1 unspecified atom stereocenters. The Kier molecular flexibility index (Phi) is 6.65. The molecule has 12 heteroatoms. The topological polar surface area (TPSA) is 137 Å². The quantitative estimate of drug-likeness (QED) is 0.384. The Morgan fingerprint density at radius 2 is 1.86 bits per heavy atom. The summed E-state index contributed by atoms with van der Waals surface area (Å²) in [6, 6.07) is 8.26. The van der Waals surface area contributed by atoms with Gasteiger partial charge < -0.3 is 14.4 Å². The van der Waals surface area contributed by atoms with Crippen LogP contribution in [0.5, 0.6) is 11.5 Å². The van der Waals surface area contributed by atoms with E-state index >= 15 is 0 Å². The molecule has 0 aliphatic carbocycles. The number of amides is 2. The van der Waals surface area contributed by atoms with Crippen molar-refractivity contribution in [1.82, 2.24) is 10.2 Å². The molecule has 1 N–H and O–H groups in total. The van der Waals surface area contributed by atoms with Crippen molar-refractivity contribution in [2.24, 2.45) is 0 Å². The number of nitrogens with zero attached hydrogens (tertiary/aromatic N) is 4. The summed E-state index contributed by atoms with van der Waals surface area (Å²) in [5.41, 5.74) is 2.44. The highest BCUT2D eigenvalue weighted by atomic mass is 32.1. The van der Waals surface area contributed by atoms with Gasteiger partial charge in [0.25, 0.3) is 11.6 Å². The first-order valence-electron chi connectivity index (χ1n) is 10.6. The van der Waals surface area contributed by atoms with Crippen LogP contribution in [0.4, 0.5) is 16.5 Å². The number of carbonyl (C=O) groups excluding carboxylic acids is 2. The van der Waals surface area contributed by atoms with Gasteiger partial charge in [0, 0.05) is 30.6 Å². The monoisotopic (exact) mass is 497 g/mol. The third kappa shape index (κ3) is 4.78. The predicted molar refractivity (Wildman–Crippen MR) is 130 cm³/mol. The fourth-order valence-corrected chi connectivity index (χ4v) is 4.66. The van der Waals surface area contributed by atoms with Crippen molar-refractivity contribution >= 4 is 39.7 Å². The largest absolute Gasteiger partial charge is 0.493 e. The molecule has 182 valence electrons. The second-order valence-electron chi connectivity index (χ2n) is 8.05. The van der Waals surface area contributed by atoms with E-state index in [1.807, 2.05) is 32.0 Å². The van der Waals surface area contributed by atoms with Crippen LogP contribution in [0.2, 0.25) is 0 Å². The molecule has 35 heavy (non-hydrogen) atoms. The molecule has 0 spiro atoms. The standard InChI is InChI=1S/C23H23N5O6S/c1-12-5-6-15(7-13(12)2)27-11-14(8-20(27)29)22-25-26-23(35-22)24-21(30)16-9-18(33-3)19(34-4)10-17(16)28(31)32/h5-7,9-10,14H,8,11H2,1-4H3,(H,24,26,30). The van der Waals surface area contributed by atoms with Crippen LogP contribution in [0.15, 0.2) is 30.3 Å². The van der Waals surface area contributed by atoms with Gasteiger partial charge in [-0.05, 0) is 37.1 Å². The van der Waals surface area contributed by atoms with Crippen LogP contribution in [0.25, 0.3) is 0 Å². The number of ether oxygens (including phenoxy) is 2. The molecule has 3 aromatic rings. The molecular formula is C23H23N5O6S. The lowest BCUT2D eigenvalue weighted by atomic mass is 10.1. The van der Waals surface area contributed by atoms with E-state index in [4.69, 9.17) is 9.47 Å². The Hall–Kier alpha value is -4.06. The van der Waals surface area contributed by atoms with Crippen LogP contribution in [-0.2, 0) is 4.79 Å². The Bertz CT molecular complexity index is 1320. The molecule has 11 nitrogen and oxygen atoms in total. The maximum absolute atomic E-state index is 12.9. The first-order valence-corrected chi connectivity index (χ1v) is 11.5. The lowest BCUT2D eigenvalue weighted by Crippen LogP contribution is -2.24. The van der Waals surface area contributed by atoms with Gasteiger partial charge in [-0.1, -0.05) is 17.4 Å². The minimum atomic E-state index is -0.736. The van der Waals surface area contributed by atoms with Gasteiger partial charge in [0.15, 0.2) is 11.5 Å². The number of methoxy groups -OCH3 is 2. The normalized spacial score (nSPS) is 15.3. The molecule has 1 fully saturated rings. The van der Waals surface area contributed by atoms with Crippen molar-refractivity contribution in [3.8, 4) is 11.5 Å². The fraction of sp³-hybridized carbons (Fsp3) is 0.304. The summed E-state index contributed by atoms with van der Waals surface area (Å²) in [6.45, 7) is 4.46. The van der Waals surface area contributed by atoms with Crippen LogP contribution >= 0.6 is 11.3 Å². The number of hydrogen-bond donors (Lipinski definition) is 1. The molecule has 2 aromatic carbocycles. The number of anilines is 2. The van der Waals surface area contributed by atoms with E-state index < -0.39 is 16.5 Å². The van der Waals surface area contributed by atoms with E-state index in [0.29, 0.717) is 11.6 Å². The number of nitrogens with one attached hydrogen (secondary N) is 1. The van der Waals surface area contributed by atoms with E-state index in [9.17, 15) is 19.7 Å². The molecule has 0 bridgehead atoms. The minimum Gasteiger partial charge on any atom is -0.493 e. The Balaban J connectivity index is 1.52. The van der Waals surface area contributed by atoms with E-state index in [0.717, 1.165) is 34.2 Å². The summed E-state index contributed by atoms with van der Waals surface area (Å²) in [6.07, 6.45) is 0.274. The van der Waals surface area contributed by atoms with Gasteiger partial charge >= 0.3 is 0 Å². The molecule has 0 saturated carbocycles. The molecule has 1 aliphatic heterocycles. The first-order chi connectivity index (χ1) is 16.7. The number of benzene rings is 2. The van der Waals surface area contributed by atoms with E-state index in [1.54, 1.807) is 4.90 Å². The highest BCUT2D eigenvalue weighted by molar-refractivity contribution is 7.15. The average Bonchev–Trinajstić information content (AvgIpc) is 3.46. The highest BCUT2D eigenvalue weighted by Gasteiger charge is 2.34. The predicted octanol–water partition coefficient (Wildman–Crippen LogP) is 3.85. The van der Waals surface area contributed by atoms with Gasteiger partial charge in [-0.2, -0.15) is 0 Å². The van der Waals surface area contributed by atoms with Gasteiger partial charge in [-0.15, -0.1) is 10.2 Å². The summed E-state index contributed by atoms with van der Waals surface area (Å²) >= 11 is 1.13. The average molecular weight is 498 g/mol. The molecule has 2 amide bonds. The van der Waals surface area contributed by atoms with Crippen molar-refractivity contribution < 1.29 is 24.0 Å². The lowest BCUT2D eigenvalue weighted by Gasteiger charge is -2.17. The van der Waals surface area contributed by atoms with Gasteiger partial charge in [-0.3, -0.25) is 25.0 Å². The molecular weight excluding hydrogens is 474 g/mol. The summed E-state index contributed by atoms with van der Waals surface area (Å²) < 4.78 is 10.3. The zero-order valence-corrected chi connectivity index (χ0v) is 20.3. The van der Waals surface area contributed by atoms with E-state index in [-0.39, 0.29) is 40.4 Å². The summed E-state index contributed by atoms with van der Waals surface area (Å²) in [5.74, 6) is -0.618. The lowest BCUT2D eigenvalue weighted by molar-refractivity contribution is -0.385. The summed E-state index contributed by atoms with van der Waals surface area (Å²) in [7, 11) is 2.71. The zero-order chi connectivity index (χ0) is 25.3. The molecule has 1 saturated heterocycles. The van der Waals surface area contributed by atoms with Crippen molar-refractivity contribution in [2.45, 2.75) is 26.2 Å².